The Morgan fingerprint density at radius 1 is 1.03 bits per heavy atom. The molecule has 0 spiro atoms. The lowest BCUT2D eigenvalue weighted by molar-refractivity contribution is 0.0949. The fourth-order valence-electron chi connectivity index (χ4n) is 3.23. The molecule has 6 nitrogen and oxygen atoms in total. The standard InChI is InChI=1S/C23H20ClN5O/c1-16-4-2-3-5-20(16)29-22(18-11-13-25-14-12-18)21(27-28-29)23(30)26-15-10-17-6-8-19(24)9-7-17/h2-9,11-14H,10,15H2,1H3,(H,26,30). The van der Waals surface area contributed by atoms with Gasteiger partial charge >= 0.3 is 0 Å². The maximum Gasteiger partial charge on any atom is 0.274 e. The van der Waals surface area contributed by atoms with Crippen LogP contribution in [0.25, 0.3) is 16.9 Å². The predicted octanol–water partition coefficient (Wildman–Crippen LogP) is 4.26. The van der Waals surface area contributed by atoms with Gasteiger partial charge in [-0.1, -0.05) is 47.1 Å². The van der Waals surface area contributed by atoms with Crippen molar-refractivity contribution in [1.82, 2.24) is 25.3 Å². The zero-order chi connectivity index (χ0) is 20.9. The summed E-state index contributed by atoms with van der Waals surface area (Å²) in [6.45, 7) is 2.48. The van der Waals surface area contributed by atoms with E-state index in [4.69, 9.17) is 11.6 Å². The number of aromatic nitrogens is 4. The minimum Gasteiger partial charge on any atom is -0.350 e. The van der Waals surface area contributed by atoms with Gasteiger partial charge in [0.1, 0.15) is 5.69 Å². The molecule has 0 aliphatic heterocycles. The van der Waals surface area contributed by atoms with Gasteiger partial charge in [0.2, 0.25) is 0 Å². The summed E-state index contributed by atoms with van der Waals surface area (Å²) in [5, 5.41) is 12.1. The van der Waals surface area contributed by atoms with Gasteiger partial charge in [0.25, 0.3) is 5.91 Å². The zero-order valence-corrected chi connectivity index (χ0v) is 17.2. The first-order valence-electron chi connectivity index (χ1n) is 9.58. The van der Waals surface area contributed by atoms with Crippen molar-refractivity contribution in [2.75, 3.05) is 6.54 Å². The number of para-hydroxylation sites is 1. The second kappa shape index (κ2) is 8.88. The van der Waals surface area contributed by atoms with E-state index in [1.54, 1.807) is 17.1 Å². The minimum absolute atomic E-state index is 0.268. The van der Waals surface area contributed by atoms with Crippen LogP contribution in [0.4, 0.5) is 0 Å². The molecular weight excluding hydrogens is 398 g/mol. The highest BCUT2D eigenvalue weighted by atomic mass is 35.5. The summed E-state index contributed by atoms with van der Waals surface area (Å²) < 4.78 is 1.71. The van der Waals surface area contributed by atoms with Crippen LogP contribution in [0.15, 0.2) is 73.1 Å². The highest BCUT2D eigenvalue weighted by molar-refractivity contribution is 6.30. The third-order valence-electron chi connectivity index (χ3n) is 4.80. The molecule has 7 heteroatoms. The normalized spacial score (nSPS) is 10.7. The topological polar surface area (TPSA) is 72.7 Å². The van der Waals surface area contributed by atoms with E-state index in [1.165, 1.54) is 0 Å². The molecule has 2 heterocycles. The Balaban J connectivity index is 1.62. The number of aryl methyl sites for hydroxylation is 1. The summed E-state index contributed by atoms with van der Waals surface area (Å²) in [5.74, 6) is -0.268. The molecular formula is C23H20ClN5O. The molecule has 0 saturated heterocycles. The third-order valence-corrected chi connectivity index (χ3v) is 5.05. The lowest BCUT2D eigenvalue weighted by Crippen LogP contribution is -2.26. The molecule has 0 aliphatic rings. The number of amides is 1. The van der Waals surface area contributed by atoms with Gasteiger partial charge in [-0.25, -0.2) is 4.68 Å². The SMILES string of the molecule is Cc1ccccc1-n1nnc(C(=O)NCCc2ccc(Cl)cc2)c1-c1ccncc1. The summed E-state index contributed by atoms with van der Waals surface area (Å²) in [6.07, 6.45) is 4.07. The fourth-order valence-corrected chi connectivity index (χ4v) is 3.35. The summed E-state index contributed by atoms with van der Waals surface area (Å²) in [5.41, 5.74) is 4.74. The Bertz CT molecular complexity index is 1160. The first-order valence-corrected chi connectivity index (χ1v) is 9.96. The van der Waals surface area contributed by atoms with Crippen LogP contribution < -0.4 is 5.32 Å². The van der Waals surface area contributed by atoms with Gasteiger partial charge in [-0.15, -0.1) is 5.10 Å². The number of carbonyl (C=O) groups excluding carboxylic acids is 1. The molecule has 0 fully saturated rings. The monoisotopic (exact) mass is 417 g/mol. The van der Waals surface area contributed by atoms with Crippen LogP contribution >= 0.6 is 11.6 Å². The summed E-state index contributed by atoms with van der Waals surface area (Å²) >= 11 is 5.92. The van der Waals surface area contributed by atoms with Crippen molar-refractivity contribution >= 4 is 17.5 Å². The quantitative estimate of drug-likeness (QED) is 0.508. The molecule has 0 atom stereocenters. The molecule has 0 radical (unpaired) electrons. The van der Waals surface area contributed by atoms with Crippen LogP contribution in [-0.4, -0.2) is 32.4 Å². The van der Waals surface area contributed by atoms with E-state index < -0.39 is 0 Å². The number of nitrogens with zero attached hydrogens (tertiary/aromatic N) is 4. The van der Waals surface area contributed by atoms with Crippen molar-refractivity contribution < 1.29 is 4.79 Å². The van der Waals surface area contributed by atoms with Gasteiger partial charge < -0.3 is 5.32 Å². The summed E-state index contributed by atoms with van der Waals surface area (Å²) in [6, 6.07) is 19.1. The largest absolute Gasteiger partial charge is 0.350 e. The van der Waals surface area contributed by atoms with Gasteiger partial charge in [0.15, 0.2) is 5.69 Å². The van der Waals surface area contributed by atoms with Crippen LogP contribution in [0.3, 0.4) is 0 Å². The number of nitrogens with one attached hydrogen (secondary N) is 1. The molecule has 2 aromatic carbocycles. The molecule has 1 amide bonds. The minimum atomic E-state index is -0.268. The lowest BCUT2D eigenvalue weighted by Gasteiger charge is -2.10. The van der Waals surface area contributed by atoms with E-state index in [1.807, 2.05) is 67.6 Å². The van der Waals surface area contributed by atoms with Gasteiger partial charge in [0, 0.05) is 29.5 Å². The predicted molar refractivity (Wildman–Crippen MR) is 117 cm³/mol. The van der Waals surface area contributed by atoms with Crippen LogP contribution in [0.5, 0.6) is 0 Å². The van der Waals surface area contributed by atoms with E-state index in [9.17, 15) is 4.79 Å². The van der Waals surface area contributed by atoms with E-state index >= 15 is 0 Å². The smallest absolute Gasteiger partial charge is 0.274 e. The molecule has 2 aromatic heterocycles. The molecule has 0 aliphatic carbocycles. The maximum absolute atomic E-state index is 12.9. The van der Waals surface area contributed by atoms with Crippen molar-refractivity contribution in [2.24, 2.45) is 0 Å². The molecule has 4 rings (SSSR count). The Kier molecular flexibility index (Phi) is 5.86. The van der Waals surface area contributed by atoms with E-state index in [-0.39, 0.29) is 11.6 Å². The Hall–Kier alpha value is -3.51. The number of benzene rings is 2. The van der Waals surface area contributed by atoms with Crippen LogP contribution in [0.2, 0.25) is 5.02 Å². The van der Waals surface area contributed by atoms with Crippen LogP contribution in [0, 0.1) is 6.92 Å². The molecule has 0 saturated carbocycles. The van der Waals surface area contributed by atoms with Crippen molar-refractivity contribution in [2.45, 2.75) is 13.3 Å². The maximum atomic E-state index is 12.9. The third kappa shape index (κ3) is 4.23. The second-order valence-electron chi connectivity index (χ2n) is 6.85. The second-order valence-corrected chi connectivity index (χ2v) is 7.29. The van der Waals surface area contributed by atoms with Gasteiger partial charge in [0.05, 0.1) is 5.69 Å². The lowest BCUT2D eigenvalue weighted by atomic mass is 10.1. The number of rotatable bonds is 6. The van der Waals surface area contributed by atoms with Crippen molar-refractivity contribution in [1.29, 1.82) is 0 Å². The van der Waals surface area contributed by atoms with Crippen molar-refractivity contribution in [3.8, 4) is 16.9 Å². The van der Waals surface area contributed by atoms with Crippen LogP contribution in [0.1, 0.15) is 21.6 Å². The Labute approximate surface area is 179 Å². The highest BCUT2D eigenvalue weighted by Gasteiger charge is 2.22. The Morgan fingerprint density at radius 3 is 2.50 bits per heavy atom. The number of hydrogen-bond donors (Lipinski definition) is 1. The highest BCUT2D eigenvalue weighted by Crippen LogP contribution is 2.26. The summed E-state index contributed by atoms with van der Waals surface area (Å²) in [7, 11) is 0. The number of hydrogen-bond acceptors (Lipinski definition) is 4. The van der Waals surface area contributed by atoms with E-state index in [2.05, 4.69) is 20.6 Å². The summed E-state index contributed by atoms with van der Waals surface area (Å²) in [4.78, 5) is 17.0. The molecule has 0 bridgehead atoms. The van der Waals surface area contributed by atoms with Gasteiger partial charge in [-0.05, 0) is 54.8 Å². The fraction of sp³-hybridized carbons (Fsp3) is 0.130. The first-order chi connectivity index (χ1) is 14.6. The number of halogens is 1. The zero-order valence-electron chi connectivity index (χ0n) is 16.4. The van der Waals surface area contributed by atoms with Crippen molar-refractivity contribution in [3.63, 3.8) is 0 Å². The van der Waals surface area contributed by atoms with E-state index in [0.717, 1.165) is 22.4 Å². The average molecular weight is 418 g/mol. The molecule has 30 heavy (non-hydrogen) atoms. The van der Waals surface area contributed by atoms with Crippen molar-refractivity contribution in [3.05, 3.63) is 94.9 Å². The Morgan fingerprint density at radius 2 is 1.77 bits per heavy atom. The van der Waals surface area contributed by atoms with Gasteiger partial charge in [-0.3, -0.25) is 9.78 Å². The number of carbonyl (C=O) groups is 1. The molecule has 4 aromatic rings. The van der Waals surface area contributed by atoms with Gasteiger partial charge in [-0.2, -0.15) is 0 Å². The first kappa shape index (κ1) is 19.8. The molecule has 1 N–H and O–H groups in total. The van der Waals surface area contributed by atoms with Crippen LogP contribution in [-0.2, 0) is 6.42 Å². The molecule has 150 valence electrons. The average Bonchev–Trinajstić information content (AvgIpc) is 3.21. The van der Waals surface area contributed by atoms with E-state index in [0.29, 0.717) is 23.7 Å². The molecule has 0 unspecified atom stereocenters. The number of pyridine rings is 1.